The summed E-state index contributed by atoms with van der Waals surface area (Å²) in [6.45, 7) is 8.40. The molecule has 24 heavy (non-hydrogen) atoms. The molecule has 0 aliphatic rings. The minimum absolute atomic E-state index is 0.144. The molecule has 0 N–H and O–H groups in total. The number of esters is 1. The van der Waals surface area contributed by atoms with Gasteiger partial charge >= 0.3 is 5.97 Å². The van der Waals surface area contributed by atoms with E-state index in [9.17, 15) is 4.79 Å². The fourth-order valence-electron chi connectivity index (χ4n) is 2.24. The molecule has 5 nitrogen and oxygen atoms in total. The lowest BCUT2D eigenvalue weighted by molar-refractivity contribution is -0.144. The summed E-state index contributed by atoms with van der Waals surface area (Å²) in [5, 5.41) is 0. The van der Waals surface area contributed by atoms with Crippen LogP contribution >= 0.6 is 15.9 Å². The highest BCUT2D eigenvalue weighted by molar-refractivity contribution is 9.10. The van der Waals surface area contributed by atoms with Crippen LogP contribution in [0.5, 0.6) is 5.75 Å². The van der Waals surface area contributed by atoms with Gasteiger partial charge in [-0.1, -0.05) is 20.8 Å². The molecule has 0 heterocycles. The predicted octanol–water partition coefficient (Wildman–Crippen LogP) is 3.95. The van der Waals surface area contributed by atoms with Gasteiger partial charge in [-0.2, -0.15) is 0 Å². The van der Waals surface area contributed by atoms with E-state index in [0.717, 1.165) is 21.3 Å². The molecule has 1 unspecified atom stereocenters. The lowest BCUT2D eigenvalue weighted by atomic mass is 9.84. The molecule has 0 aliphatic carbocycles. The van der Waals surface area contributed by atoms with Gasteiger partial charge in [0.25, 0.3) is 0 Å². The molecular weight excluding hydrogens is 372 g/mol. The first kappa shape index (κ1) is 20.5. The largest absolute Gasteiger partial charge is 0.495 e. The molecule has 0 fully saturated rings. The molecular formula is C18H27BrN2O3. The molecule has 0 aromatic heterocycles. The van der Waals surface area contributed by atoms with Crippen molar-refractivity contribution in [1.29, 1.82) is 0 Å². The lowest BCUT2D eigenvalue weighted by Crippen LogP contribution is -2.19. The fraction of sp³-hybridized carbons (Fsp3) is 0.556. The van der Waals surface area contributed by atoms with E-state index in [1.54, 1.807) is 25.3 Å². The van der Waals surface area contributed by atoms with Crippen molar-refractivity contribution in [3.05, 3.63) is 27.7 Å². The van der Waals surface area contributed by atoms with Gasteiger partial charge in [0.1, 0.15) is 5.75 Å². The van der Waals surface area contributed by atoms with Crippen LogP contribution in [0.4, 0.5) is 0 Å². The van der Waals surface area contributed by atoms with Gasteiger partial charge in [-0.25, -0.2) is 4.79 Å². The predicted molar refractivity (Wildman–Crippen MR) is 101 cm³/mol. The van der Waals surface area contributed by atoms with Gasteiger partial charge in [0.2, 0.25) is 0 Å². The summed E-state index contributed by atoms with van der Waals surface area (Å²) in [4.78, 5) is 18.6. The number of hydrogen-bond donors (Lipinski definition) is 0. The summed E-state index contributed by atoms with van der Waals surface area (Å²) < 4.78 is 11.5. The van der Waals surface area contributed by atoms with Crippen LogP contribution in [0, 0.1) is 0 Å². The van der Waals surface area contributed by atoms with E-state index < -0.39 is 6.04 Å². The van der Waals surface area contributed by atoms with Gasteiger partial charge in [-0.3, -0.25) is 4.99 Å². The quantitative estimate of drug-likeness (QED) is 0.413. The average molecular weight is 399 g/mol. The van der Waals surface area contributed by atoms with Gasteiger partial charge in [-0.05, 0) is 46.0 Å². The van der Waals surface area contributed by atoms with E-state index in [1.165, 1.54) is 0 Å². The molecule has 0 saturated heterocycles. The Balaban J connectivity index is 3.47. The molecule has 1 atom stereocenters. The first-order valence-corrected chi connectivity index (χ1v) is 8.65. The standard InChI is InChI=1S/C18H27BrN2O3/c1-8-24-17(22)15(20-11-21(5)6)12-9-13(18(2,3)4)16(23-7)14(19)10-12/h9-11,15H,8H2,1-7H3/b20-11-. The van der Waals surface area contributed by atoms with Gasteiger partial charge in [0.15, 0.2) is 6.04 Å². The number of hydrogen-bond acceptors (Lipinski definition) is 4. The Kier molecular flexibility index (Phi) is 7.27. The Hall–Kier alpha value is -1.56. The number of methoxy groups -OCH3 is 1. The molecule has 0 aliphatic heterocycles. The minimum atomic E-state index is -0.712. The zero-order valence-electron chi connectivity index (χ0n) is 15.5. The van der Waals surface area contributed by atoms with Gasteiger partial charge < -0.3 is 14.4 Å². The van der Waals surface area contributed by atoms with Crippen LogP contribution in [0.1, 0.15) is 44.9 Å². The topological polar surface area (TPSA) is 51.1 Å². The molecule has 0 radical (unpaired) electrons. The van der Waals surface area contributed by atoms with Crippen LogP contribution in [0.2, 0.25) is 0 Å². The Morgan fingerprint density at radius 1 is 1.38 bits per heavy atom. The van der Waals surface area contributed by atoms with Crippen LogP contribution in [0.15, 0.2) is 21.6 Å². The first-order valence-electron chi connectivity index (χ1n) is 7.86. The second kappa shape index (κ2) is 8.51. The Morgan fingerprint density at radius 2 is 2.00 bits per heavy atom. The molecule has 6 heteroatoms. The van der Waals surface area contributed by atoms with Gasteiger partial charge in [0, 0.05) is 19.7 Å². The molecule has 1 aromatic rings. The third kappa shape index (κ3) is 5.23. The van der Waals surface area contributed by atoms with E-state index in [1.807, 2.05) is 26.2 Å². The van der Waals surface area contributed by atoms with Crippen LogP contribution in [0.3, 0.4) is 0 Å². The Bertz CT molecular complexity index is 607. The highest BCUT2D eigenvalue weighted by atomic mass is 79.9. The van der Waals surface area contributed by atoms with Crippen molar-refractivity contribution < 1.29 is 14.3 Å². The van der Waals surface area contributed by atoms with Crippen molar-refractivity contribution in [3.63, 3.8) is 0 Å². The van der Waals surface area contributed by atoms with Gasteiger partial charge in [-0.15, -0.1) is 0 Å². The molecule has 1 aromatic carbocycles. The van der Waals surface area contributed by atoms with Crippen molar-refractivity contribution in [2.75, 3.05) is 27.8 Å². The molecule has 1 rings (SSSR count). The summed E-state index contributed by atoms with van der Waals surface area (Å²) in [5.41, 5.74) is 1.63. The number of carbonyl (C=O) groups excluding carboxylic acids is 1. The fourth-order valence-corrected chi connectivity index (χ4v) is 2.88. The second-order valence-corrected chi connectivity index (χ2v) is 7.57. The zero-order chi connectivity index (χ0) is 18.5. The summed E-state index contributed by atoms with van der Waals surface area (Å²) in [7, 11) is 5.36. The van der Waals surface area contributed by atoms with Crippen LogP contribution in [0.25, 0.3) is 0 Å². The van der Waals surface area contributed by atoms with E-state index in [-0.39, 0.29) is 11.4 Å². The van der Waals surface area contributed by atoms with E-state index >= 15 is 0 Å². The summed E-state index contributed by atoms with van der Waals surface area (Å²) in [6.07, 6.45) is 1.62. The normalized spacial score (nSPS) is 13.0. The Labute approximate surface area is 153 Å². The number of nitrogens with zero attached hydrogens (tertiary/aromatic N) is 2. The number of benzene rings is 1. The highest BCUT2D eigenvalue weighted by Crippen LogP contribution is 2.39. The maximum Gasteiger partial charge on any atom is 0.335 e. The maximum atomic E-state index is 12.4. The van der Waals surface area contributed by atoms with E-state index in [2.05, 4.69) is 41.7 Å². The molecule has 134 valence electrons. The van der Waals surface area contributed by atoms with Crippen LogP contribution < -0.4 is 4.74 Å². The molecule has 0 spiro atoms. The highest BCUT2D eigenvalue weighted by Gasteiger charge is 2.27. The number of ether oxygens (including phenoxy) is 2. The van der Waals surface area contributed by atoms with Crippen molar-refractivity contribution in [2.24, 2.45) is 4.99 Å². The Morgan fingerprint density at radius 3 is 2.46 bits per heavy atom. The van der Waals surface area contributed by atoms with Crippen molar-refractivity contribution >= 4 is 28.2 Å². The van der Waals surface area contributed by atoms with Crippen molar-refractivity contribution in [2.45, 2.75) is 39.2 Å². The number of rotatable bonds is 6. The van der Waals surface area contributed by atoms with Crippen molar-refractivity contribution in [3.8, 4) is 5.75 Å². The van der Waals surface area contributed by atoms with Crippen LogP contribution in [-0.2, 0) is 14.9 Å². The summed E-state index contributed by atoms with van der Waals surface area (Å²) in [5.74, 6) is 0.401. The molecule has 0 saturated carbocycles. The maximum absolute atomic E-state index is 12.4. The minimum Gasteiger partial charge on any atom is -0.495 e. The average Bonchev–Trinajstić information content (AvgIpc) is 2.45. The smallest absolute Gasteiger partial charge is 0.335 e. The third-order valence-electron chi connectivity index (χ3n) is 3.35. The first-order chi connectivity index (χ1) is 11.1. The number of carbonyl (C=O) groups is 1. The van der Waals surface area contributed by atoms with Crippen LogP contribution in [-0.4, -0.2) is 45.0 Å². The van der Waals surface area contributed by atoms with Crippen molar-refractivity contribution in [1.82, 2.24) is 4.90 Å². The summed E-state index contributed by atoms with van der Waals surface area (Å²) in [6, 6.07) is 3.12. The monoisotopic (exact) mass is 398 g/mol. The summed E-state index contributed by atoms with van der Waals surface area (Å²) >= 11 is 3.55. The van der Waals surface area contributed by atoms with E-state index in [0.29, 0.717) is 6.61 Å². The second-order valence-electron chi connectivity index (χ2n) is 6.72. The third-order valence-corrected chi connectivity index (χ3v) is 3.94. The van der Waals surface area contributed by atoms with E-state index in [4.69, 9.17) is 9.47 Å². The van der Waals surface area contributed by atoms with Gasteiger partial charge in [0.05, 0.1) is 24.5 Å². The lowest BCUT2D eigenvalue weighted by Gasteiger charge is -2.25. The SMILES string of the molecule is CCOC(=O)C(/N=C\N(C)C)c1cc(Br)c(OC)c(C(C)(C)C)c1. The number of aliphatic imine (C=N–C) groups is 1. The number of halogens is 1. The zero-order valence-corrected chi connectivity index (χ0v) is 17.1. The molecule has 0 bridgehead atoms. The molecule has 0 amide bonds.